The van der Waals surface area contributed by atoms with Crippen LogP contribution in [0.2, 0.25) is 0 Å². The van der Waals surface area contributed by atoms with Crippen LogP contribution in [0.25, 0.3) is 0 Å². The lowest BCUT2D eigenvalue weighted by Gasteiger charge is -2.26. The van der Waals surface area contributed by atoms with Gasteiger partial charge in [-0.05, 0) is 24.6 Å². The van der Waals surface area contributed by atoms with Crippen LogP contribution in [0.5, 0.6) is 0 Å². The number of halogens is 2. The molecule has 0 aromatic heterocycles. The fourth-order valence-corrected chi connectivity index (χ4v) is 5.99. The molecule has 1 fully saturated rings. The lowest BCUT2D eigenvalue weighted by Crippen LogP contribution is -2.41. The highest BCUT2D eigenvalue weighted by Gasteiger charge is 2.38. The third-order valence-corrected chi connectivity index (χ3v) is 7.20. The van der Waals surface area contributed by atoms with Crippen molar-refractivity contribution >= 4 is 19.9 Å². The molecule has 2 rings (SSSR count). The van der Waals surface area contributed by atoms with Gasteiger partial charge in [0.2, 0.25) is 10.0 Å². The van der Waals surface area contributed by atoms with E-state index in [0.717, 1.165) is 16.4 Å². The van der Waals surface area contributed by atoms with E-state index >= 15 is 0 Å². The highest BCUT2D eigenvalue weighted by molar-refractivity contribution is 7.92. The molecule has 1 aliphatic heterocycles. The third kappa shape index (κ3) is 3.24. The molecule has 118 valence electrons. The summed E-state index contributed by atoms with van der Waals surface area (Å²) in [6.07, 6.45) is 0.159. The molecule has 1 aromatic rings. The van der Waals surface area contributed by atoms with Crippen LogP contribution >= 0.6 is 0 Å². The van der Waals surface area contributed by atoms with Crippen molar-refractivity contribution in [2.75, 3.05) is 18.1 Å². The molecule has 0 radical (unpaired) electrons. The maximum atomic E-state index is 13.7. The number of rotatable bonds is 4. The van der Waals surface area contributed by atoms with Gasteiger partial charge in [0.25, 0.3) is 0 Å². The van der Waals surface area contributed by atoms with Crippen molar-refractivity contribution in [3.63, 3.8) is 0 Å². The fraction of sp³-hybridized carbons (Fsp3) is 0.500. The van der Waals surface area contributed by atoms with Gasteiger partial charge < -0.3 is 0 Å². The van der Waals surface area contributed by atoms with Gasteiger partial charge in [0.1, 0.15) is 16.5 Å². The van der Waals surface area contributed by atoms with Crippen molar-refractivity contribution in [2.45, 2.75) is 24.3 Å². The van der Waals surface area contributed by atoms with Gasteiger partial charge in [0, 0.05) is 12.6 Å². The Morgan fingerprint density at radius 3 is 2.52 bits per heavy atom. The van der Waals surface area contributed by atoms with Gasteiger partial charge in [-0.15, -0.1) is 0 Å². The average Bonchev–Trinajstić information content (AvgIpc) is 2.73. The number of benzene rings is 1. The Kier molecular flexibility index (Phi) is 4.36. The van der Waals surface area contributed by atoms with Crippen LogP contribution in [0.3, 0.4) is 0 Å². The van der Waals surface area contributed by atoms with Crippen molar-refractivity contribution in [1.82, 2.24) is 4.31 Å². The Bertz CT molecular complexity index is 747. The van der Waals surface area contributed by atoms with E-state index < -0.39 is 42.4 Å². The SMILES string of the molecule is CCN(C1CCS(=O)(=O)C1)S(=O)(=O)c1cc(F)ccc1F. The van der Waals surface area contributed by atoms with Crippen molar-refractivity contribution in [3.8, 4) is 0 Å². The molecule has 0 amide bonds. The zero-order valence-electron chi connectivity index (χ0n) is 11.3. The average molecular weight is 339 g/mol. The molecular formula is C12H15F2NO4S2. The van der Waals surface area contributed by atoms with Crippen molar-refractivity contribution < 1.29 is 25.6 Å². The lowest BCUT2D eigenvalue weighted by molar-refractivity contribution is 0.352. The van der Waals surface area contributed by atoms with Gasteiger partial charge in [-0.3, -0.25) is 0 Å². The van der Waals surface area contributed by atoms with Crippen LogP contribution < -0.4 is 0 Å². The first-order valence-corrected chi connectivity index (χ1v) is 9.61. The minimum Gasteiger partial charge on any atom is -0.229 e. The minimum atomic E-state index is -4.28. The van der Waals surface area contributed by atoms with Gasteiger partial charge in [-0.25, -0.2) is 25.6 Å². The maximum Gasteiger partial charge on any atom is 0.246 e. The first-order chi connectivity index (χ1) is 9.67. The molecule has 5 nitrogen and oxygen atoms in total. The standard InChI is InChI=1S/C12H15F2NO4S2/c1-2-15(10-5-6-20(16,17)8-10)21(18,19)12-7-9(13)3-4-11(12)14/h3-4,7,10H,2,5-6,8H2,1H3. The second kappa shape index (κ2) is 5.62. The van der Waals surface area contributed by atoms with Crippen LogP contribution in [0.15, 0.2) is 23.1 Å². The second-order valence-electron chi connectivity index (χ2n) is 4.84. The maximum absolute atomic E-state index is 13.7. The van der Waals surface area contributed by atoms with Gasteiger partial charge in [-0.2, -0.15) is 4.31 Å². The number of nitrogens with zero attached hydrogens (tertiary/aromatic N) is 1. The molecule has 1 unspecified atom stereocenters. The number of hydrogen-bond donors (Lipinski definition) is 0. The number of hydrogen-bond acceptors (Lipinski definition) is 4. The van der Waals surface area contributed by atoms with E-state index in [2.05, 4.69) is 0 Å². The van der Waals surface area contributed by atoms with Crippen LogP contribution in [0.1, 0.15) is 13.3 Å². The van der Waals surface area contributed by atoms with E-state index in [1.54, 1.807) is 0 Å². The topological polar surface area (TPSA) is 71.5 Å². The molecule has 0 bridgehead atoms. The Labute approximate surface area is 122 Å². The lowest BCUT2D eigenvalue weighted by atomic mass is 10.3. The summed E-state index contributed by atoms with van der Waals surface area (Å²) in [6.45, 7) is 1.51. The van der Waals surface area contributed by atoms with E-state index in [1.165, 1.54) is 6.92 Å². The van der Waals surface area contributed by atoms with Crippen LogP contribution in [0.4, 0.5) is 8.78 Å². The normalized spacial score (nSPS) is 21.8. The summed E-state index contributed by atoms with van der Waals surface area (Å²) >= 11 is 0. The second-order valence-corrected chi connectivity index (χ2v) is 8.93. The fourth-order valence-electron chi connectivity index (χ4n) is 2.43. The van der Waals surface area contributed by atoms with Crippen LogP contribution in [-0.4, -0.2) is 45.2 Å². The van der Waals surface area contributed by atoms with Gasteiger partial charge in [0.05, 0.1) is 11.5 Å². The van der Waals surface area contributed by atoms with E-state index in [1.807, 2.05) is 0 Å². The molecule has 0 saturated carbocycles. The molecular weight excluding hydrogens is 324 g/mol. The highest BCUT2D eigenvalue weighted by Crippen LogP contribution is 2.26. The minimum absolute atomic E-state index is 0.0154. The molecule has 1 heterocycles. The molecule has 0 spiro atoms. The summed E-state index contributed by atoms with van der Waals surface area (Å²) in [5.74, 6) is -2.33. The Hall–Kier alpha value is -1.06. The van der Waals surface area contributed by atoms with Gasteiger partial charge >= 0.3 is 0 Å². The van der Waals surface area contributed by atoms with E-state index in [-0.39, 0.29) is 24.5 Å². The molecule has 1 saturated heterocycles. The molecule has 1 aliphatic rings. The molecule has 1 atom stereocenters. The Morgan fingerprint density at radius 2 is 2.00 bits per heavy atom. The third-order valence-electron chi connectivity index (χ3n) is 3.41. The van der Waals surface area contributed by atoms with E-state index in [9.17, 15) is 25.6 Å². The van der Waals surface area contributed by atoms with Crippen molar-refractivity contribution in [3.05, 3.63) is 29.8 Å². The van der Waals surface area contributed by atoms with Gasteiger partial charge in [-0.1, -0.05) is 6.92 Å². The summed E-state index contributed by atoms with van der Waals surface area (Å²) < 4.78 is 75.7. The largest absolute Gasteiger partial charge is 0.246 e. The zero-order valence-corrected chi connectivity index (χ0v) is 12.9. The smallest absolute Gasteiger partial charge is 0.229 e. The number of sulfonamides is 1. The van der Waals surface area contributed by atoms with E-state index in [0.29, 0.717) is 6.07 Å². The van der Waals surface area contributed by atoms with Crippen LogP contribution in [0, 0.1) is 11.6 Å². The van der Waals surface area contributed by atoms with Crippen molar-refractivity contribution in [2.24, 2.45) is 0 Å². The quantitative estimate of drug-likeness (QED) is 0.825. The zero-order chi connectivity index (χ0) is 15.8. The first kappa shape index (κ1) is 16.3. The van der Waals surface area contributed by atoms with Gasteiger partial charge in [0.15, 0.2) is 9.84 Å². The summed E-state index contributed by atoms with van der Waals surface area (Å²) in [7, 11) is -7.57. The molecule has 21 heavy (non-hydrogen) atoms. The highest BCUT2D eigenvalue weighted by atomic mass is 32.2. The summed E-state index contributed by atoms with van der Waals surface area (Å²) in [4.78, 5) is -0.770. The first-order valence-electron chi connectivity index (χ1n) is 6.34. The van der Waals surface area contributed by atoms with Crippen molar-refractivity contribution in [1.29, 1.82) is 0 Å². The predicted octanol–water partition coefficient (Wildman–Crippen LogP) is 1.16. The monoisotopic (exact) mass is 339 g/mol. The molecule has 1 aromatic carbocycles. The number of sulfone groups is 1. The summed E-state index contributed by atoms with van der Waals surface area (Å²) in [5.41, 5.74) is 0. The van der Waals surface area contributed by atoms with Crippen LogP contribution in [-0.2, 0) is 19.9 Å². The molecule has 0 N–H and O–H groups in total. The summed E-state index contributed by atoms with van der Waals surface area (Å²) in [6, 6.07) is 1.43. The Morgan fingerprint density at radius 1 is 1.33 bits per heavy atom. The molecule has 9 heteroatoms. The summed E-state index contributed by atoms with van der Waals surface area (Å²) in [5, 5.41) is 0. The Balaban J connectivity index is 2.43. The van der Waals surface area contributed by atoms with E-state index in [4.69, 9.17) is 0 Å². The predicted molar refractivity (Wildman–Crippen MR) is 73.0 cm³/mol. The molecule has 0 aliphatic carbocycles.